The Kier molecular flexibility index (Phi) is 10.9. The van der Waals surface area contributed by atoms with Gasteiger partial charge >= 0.3 is 11.9 Å². The normalized spacial score (nSPS) is 11.9. The Morgan fingerprint density at radius 1 is 0.633 bits per heavy atom. The van der Waals surface area contributed by atoms with Crippen molar-refractivity contribution in [3.05, 3.63) is 35.4 Å². The number of hydrogen-bond donors (Lipinski definition) is 0. The van der Waals surface area contributed by atoms with Crippen LogP contribution < -0.4 is 0 Å². The molecule has 0 bridgehead atoms. The monoisotopic (exact) mass is 430 g/mol. The van der Waals surface area contributed by atoms with Crippen LogP contribution in [0, 0.1) is 0 Å². The molecule has 170 valence electrons. The molecule has 1 aromatic rings. The van der Waals surface area contributed by atoms with Gasteiger partial charge in [0.2, 0.25) is 0 Å². The molecule has 0 fully saturated rings. The molecule has 0 atom stereocenters. The highest BCUT2D eigenvalue weighted by molar-refractivity contribution is 6.03. The highest BCUT2D eigenvalue weighted by Crippen LogP contribution is 2.20. The highest BCUT2D eigenvalue weighted by atomic mass is 16.9. The quantitative estimate of drug-likeness (QED) is 0.321. The van der Waals surface area contributed by atoms with Crippen LogP contribution in [0.5, 0.6) is 0 Å². The molecule has 0 amide bonds. The molecule has 1 aromatic carbocycles. The molecule has 0 aromatic heterocycles. The van der Waals surface area contributed by atoms with Gasteiger partial charge in [-0.05, 0) is 12.1 Å². The first-order valence-corrected chi connectivity index (χ1v) is 9.10. The average Bonchev–Trinajstić information content (AvgIpc) is 2.80. The molecule has 10 heteroatoms. The van der Waals surface area contributed by atoms with Gasteiger partial charge in [0.15, 0.2) is 0 Å². The molecule has 0 heterocycles. The van der Waals surface area contributed by atoms with Crippen molar-refractivity contribution < 1.29 is 47.5 Å². The maximum atomic E-state index is 12.5. The van der Waals surface area contributed by atoms with Gasteiger partial charge in [-0.3, -0.25) is 0 Å². The van der Waals surface area contributed by atoms with Gasteiger partial charge in [0.05, 0.1) is 37.2 Å². The second-order valence-corrected chi connectivity index (χ2v) is 5.91. The first-order valence-electron chi connectivity index (χ1n) is 9.10. The van der Waals surface area contributed by atoms with Gasteiger partial charge in [-0.25, -0.2) is 9.59 Å². The summed E-state index contributed by atoms with van der Waals surface area (Å²) < 4.78 is 41.4. The zero-order valence-corrected chi connectivity index (χ0v) is 18.2. The fourth-order valence-electron chi connectivity index (χ4n) is 2.64. The van der Waals surface area contributed by atoms with Crippen LogP contribution in [0.4, 0.5) is 0 Å². The molecular weight excluding hydrogens is 400 g/mol. The van der Waals surface area contributed by atoms with Gasteiger partial charge in [-0.1, -0.05) is 12.1 Å². The molecule has 0 radical (unpaired) electrons. The molecule has 0 aliphatic carbocycles. The van der Waals surface area contributed by atoms with Crippen molar-refractivity contribution in [2.24, 2.45) is 0 Å². The van der Waals surface area contributed by atoms with Crippen LogP contribution in [-0.2, 0) is 37.9 Å². The number of esters is 2. The Morgan fingerprint density at radius 3 is 1.20 bits per heavy atom. The molecule has 0 spiro atoms. The average molecular weight is 430 g/mol. The topological polar surface area (TPSA) is 108 Å². The van der Waals surface area contributed by atoms with Crippen molar-refractivity contribution in [3.8, 4) is 0 Å². The summed E-state index contributed by atoms with van der Waals surface area (Å²) in [6.07, 6.45) is 0.254. The van der Waals surface area contributed by atoms with Crippen LogP contribution in [-0.4, -0.2) is 79.8 Å². The zero-order valence-electron chi connectivity index (χ0n) is 18.2. The minimum absolute atomic E-state index is 0.0598. The Morgan fingerprint density at radius 2 is 0.933 bits per heavy atom. The lowest BCUT2D eigenvalue weighted by molar-refractivity contribution is -0.357. The van der Waals surface area contributed by atoms with E-state index in [1.165, 1.54) is 54.8 Å². The van der Waals surface area contributed by atoms with E-state index >= 15 is 0 Å². The Balaban J connectivity index is 2.74. The minimum Gasteiger partial charge on any atom is -0.462 e. The third-order valence-electron chi connectivity index (χ3n) is 4.52. The smallest absolute Gasteiger partial charge is 0.339 e. The van der Waals surface area contributed by atoms with Crippen molar-refractivity contribution >= 4 is 11.9 Å². The van der Waals surface area contributed by atoms with Gasteiger partial charge < -0.3 is 37.9 Å². The number of carbonyl (C=O) groups is 2. The molecule has 0 N–H and O–H groups in total. The van der Waals surface area contributed by atoms with E-state index in [1.807, 2.05) is 0 Å². The molecule has 30 heavy (non-hydrogen) atoms. The standard InChI is InChI=1S/C20H30O10/c1-23-19(24-2,25-3)11-13-29-17(21)15-9-7-8-10-16(15)18(22)30-14-12-20(26-4,27-5)28-6/h7-10H,11-14H2,1-6H3. The van der Waals surface area contributed by atoms with E-state index in [0.29, 0.717) is 0 Å². The summed E-state index contributed by atoms with van der Waals surface area (Å²) in [7, 11) is 8.45. The van der Waals surface area contributed by atoms with Gasteiger partial charge in [0.25, 0.3) is 11.9 Å². The number of methoxy groups -OCH3 is 6. The zero-order chi connectivity index (χ0) is 22.6. The van der Waals surface area contributed by atoms with Crippen molar-refractivity contribution in [1.29, 1.82) is 0 Å². The second-order valence-electron chi connectivity index (χ2n) is 5.91. The predicted molar refractivity (Wildman–Crippen MR) is 104 cm³/mol. The summed E-state index contributed by atoms with van der Waals surface area (Å²) in [4.78, 5) is 25.0. The lowest BCUT2D eigenvalue weighted by atomic mass is 10.1. The molecule has 1 rings (SSSR count). The largest absolute Gasteiger partial charge is 0.462 e. The molecule has 0 unspecified atom stereocenters. The molecule has 0 aliphatic rings. The third kappa shape index (κ3) is 6.73. The predicted octanol–water partition coefficient (Wildman–Crippen LogP) is 1.97. The maximum Gasteiger partial charge on any atom is 0.339 e. The summed E-state index contributed by atoms with van der Waals surface area (Å²) >= 11 is 0. The van der Waals surface area contributed by atoms with E-state index in [2.05, 4.69) is 0 Å². The number of ether oxygens (including phenoxy) is 8. The summed E-state index contributed by atoms with van der Waals surface area (Å²) in [6.45, 7) is -0.120. The van der Waals surface area contributed by atoms with Crippen molar-refractivity contribution in [2.45, 2.75) is 24.8 Å². The number of rotatable bonds is 14. The second kappa shape index (κ2) is 12.6. The Bertz CT molecular complexity index is 594. The van der Waals surface area contributed by atoms with Crippen LogP contribution >= 0.6 is 0 Å². The molecule has 0 saturated carbocycles. The maximum absolute atomic E-state index is 12.5. The van der Waals surface area contributed by atoms with Crippen LogP contribution in [0.3, 0.4) is 0 Å². The fraction of sp³-hybridized carbons (Fsp3) is 0.600. The van der Waals surface area contributed by atoms with Gasteiger partial charge in [-0.2, -0.15) is 0 Å². The number of hydrogen-bond acceptors (Lipinski definition) is 10. The van der Waals surface area contributed by atoms with Crippen LogP contribution in [0.25, 0.3) is 0 Å². The minimum atomic E-state index is -1.32. The Labute approximate surface area is 176 Å². The van der Waals surface area contributed by atoms with Crippen molar-refractivity contribution in [3.63, 3.8) is 0 Å². The first-order chi connectivity index (χ1) is 14.4. The molecule has 0 saturated heterocycles. The van der Waals surface area contributed by atoms with Gasteiger partial charge in [0, 0.05) is 42.7 Å². The van der Waals surface area contributed by atoms with Gasteiger partial charge in [0.1, 0.15) is 0 Å². The summed E-state index contributed by atoms with van der Waals surface area (Å²) in [5, 5.41) is 0. The number of benzene rings is 1. The highest BCUT2D eigenvalue weighted by Gasteiger charge is 2.31. The molecular formula is C20H30O10. The van der Waals surface area contributed by atoms with E-state index in [0.717, 1.165) is 0 Å². The van der Waals surface area contributed by atoms with Gasteiger partial charge in [-0.15, -0.1) is 0 Å². The van der Waals surface area contributed by atoms with Crippen molar-refractivity contribution in [2.75, 3.05) is 55.9 Å². The van der Waals surface area contributed by atoms with E-state index in [1.54, 1.807) is 12.1 Å². The molecule has 10 nitrogen and oxygen atoms in total. The first kappa shape index (κ1) is 26.0. The lowest BCUT2D eigenvalue weighted by Crippen LogP contribution is -2.37. The van der Waals surface area contributed by atoms with E-state index in [4.69, 9.17) is 37.9 Å². The summed E-state index contributed by atoms with van der Waals surface area (Å²) in [5.74, 6) is -4.04. The van der Waals surface area contributed by atoms with E-state index in [9.17, 15) is 9.59 Å². The lowest BCUT2D eigenvalue weighted by Gasteiger charge is -2.28. The summed E-state index contributed by atoms with van der Waals surface area (Å²) in [6, 6.07) is 6.17. The van der Waals surface area contributed by atoms with Crippen molar-refractivity contribution in [1.82, 2.24) is 0 Å². The van der Waals surface area contributed by atoms with Crippen LogP contribution in [0.1, 0.15) is 33.6 Å². The third-order valence-corrected chi connectivity index (χ3v) is 4.52. The van der Waals surface area contributed by atoms with Crippen LogP contribution in [0.2, 0.25) is 0 Å². The molecule has 0 aliphatic heterocycles. The number of carbonyl (C=O) groups excluding carboxylic acids is 2. The summed E-state index contributed by atoms with van der Waals surface area (Å²) in [5.41, 5.74) is 0.133. The van der Waals surface area contributed by atoms with E-state index in [-0.39, 0.29) is 37.2 Å². The fourth-order valence-corrected chi connectivity index (χ4v) is 2.64. The SMILES string of the molecule is COC(CCOC(=O)c1ccccc1C(=O)OCCC(OC)(OC)OC)(OC)OC. The van der Waals surface area contributed by atoms with Crippen LogP contribution in [0.15, 0.2) is 24.3 Å². The Hall–Kier alpha value is -2.08. The van der Waals surface area contributed by atoms with E-state index < -0.39 is 23.9 Å².